The average Bonchev–Trinajstić information content (AvgIpc) is 1.15. The van der Waals surface area contributed by atoms with E-state index < -0.39 is 191 Å². The highest BCUT2D eigenvalue weighted by atomic mass is 35.5. The number of amides is 12. The molecule has 2 bridgehead atoms. The number of carbonyl (C=O) groups excluding carboxylic acids is 12. The molecule has 0 aromatic heterocycles. The number of ether oxygens (including phenoxy) is 2. The molecule has 0 aromatic carbocycles. The Morgan fingerprint density at radius 2 is 1.34 bits per heavy atom. The van der Waals surface area contributed by atoms with Gasteiger partial charge in [0.05, 0.1) is 38.1 Å². The standard InChI is InChI=1S/C77H124ClF3N12O14/c1-16-48(6)64-72(103)87(11)43-63(96)88(12)56-27-21-20-24-36-92(71(56)102)59(38-50-30-28-47(5)29-31-50)70(101)86(10)42-61(94)82-55(35-33-49-32-34-53(54(78)37-49)77(79,80)81)68(99)93-41-52(107-19-4)39-57(93)67(98)84-76(45-75(7,8)46-76)74(105)91(15)65(51-25-22-23-26-51)73(104)90(14)58(69(100)85(9)17-2)40-62(95)89(13)60(44-106-18-3)66(97)83-64/h20-21,47-60,64-65H,16-19,22-46H2,1-15H3,(H,82,94)(H,83,97)(H,84,98)/b21-20-/t47?,48-,49?,50?,52+,53?,54?,55-,56-,57-,58-,59-,60-,64-,65-/m0/s1. The molecule has 4 aliphatic carbocycles. The molecule has 12 amide bonds. The van der Waals surface area contributed by atoms with E-state index in [0.717, 1.165) is 35.5 Å². The fraction of sp³-hybridized carbons (Fsp3) is 0.818. The molecule has 13 atom stereocenters. The van der Waals surface area contributed by atoms with Gasteiger partial charge in [0.15, 0.2) is 0 Å². The van der Waals surface area contributed by atoms with Crippen LogP contribution in [0.25, 0.3) is 0 Å². The van der Waals surface area contributed by atoms with Gasteiger partial charge in [0.1, 0.15) is 53.9 Å². The molecule has 7 rings (SSSR count). The van der Waals surface area contributed by atoms with Gasteiger partial charge >= 0.3 is 6.18 Å². The highest BCUT2D eigenvalue weighted by molar-refractivity contribution is 6.21. The second-order valence-electron chi connectivity index (χ2n) is 32.7. The maximum Gasteiger partial charge on any atom is 0.393 e. The Morgan fingerprint density at radius 1 is 0.692 bits per heavy atom. The molecule has 4 saturated carbocycles. The smallest absolute Gasteiger partial charge is 0.379 e. The second kappa shape index (κ2) is 38.3. The fourth-order valence-electron chi connectivity index (χ4n) is 17.5. The molecule has 3 unspecified atom stereocenters. The number of nitrogens with zero attached hydrogens (tertiary/aromatic N) is 9. The zero-order chi connectivity index (χ0) is 79.3. The van der Waals surface area contributed by atoms with Crippen molar-refractivity contribution in [2.75, 3.05) is 102 Å². The number of likely N-dealkylation sites (N-methyl/N-ethyl adjacent to an activating group) is 7. The third kappa shape index (κ3) is 21.7. The summed E-state index contributed by atoms with van der Waals surface area (Å²) in [7, 11) is 10.0. The topological polar surface area (TPSA) is 289 Å². The third-order valence-corrected chi connectivity index (χ3v) is 24.8. The molecule has 0 radical (unpaired) electrons. The van der Waals surface area contributed by atoms with E-state index in [0.29, 0.717) is 44.4 Å². The van der Waals surface area contributed by atoms with E-state index in [1.807, 2.05) is 26.8 Å². The van der Waals surface area contributed by atoms with Crippen molar-refractivity contribution >= 4 is 82.5 Å². The summed E-state index contributed by atoms with van der Waals surface area (Å²) in [5.74, 6) is -10.8. The van der Waals surface area contributed by atoms with Gasteiger partial charge in [-0.05, 0) is 133 Å². The number of rotatable bonds is 15. The molecule has 26 nitrogen and oxygen atoms in total. The largest absolute Gasteiger partial charge is 0.393 e. The lowest BCUT2D eigenvalue weighted by Gasteiger charge is -2.54. The zero-order valence-electron chi connectivity index (χ0n) is 66.2. The predicted octanol–water partition coefficient (Wildman–Crippen LogP) is 6.15. The van der Waals surface area contributed by atoms with Crippen LogP contribution in [-0.4, -0.2) is 288 Å². The fourth-order valence-corrected chi connectivity index (χ4v) is 18.1. The molecule has 604 valence electrons. The summed E-state index contributed by atoms with van der Waals surface area (Å²) in [6.07, 6.45) is 4.47. The van der Waals surface area contributed by atoms with Crippen LogP contribution in [0.2, 0.25) is 0 Å². The van der Waals surface area contributed by atoms with Gasteiger partial charge < -0.3 is 69.5 Å². The first-order chi connectivity index (χ1) is 50.3. The van der Waals surface area contributed by atoms with Crippen LogP contribution in [0.3, 0.4) is 0 Å². The Balaban J connectivity index is 1.33. The van der Waals surface area contributed by atoms with Gasteiger partial charge in [-0.3, -0.25) is 57.5 Å². The maximum atomic E-state index is 15.8. The molecule has 1 spiro atoms. The Bertz CT molecular complexity index is 3180. The van der Waals surface area contributed by atoms with Gasteiger partial charge in [-0.15, -0.1) is 11.6 Å². The quantitative estimate of drug-likeness (QED) is 0.123. The van der Waals surface area contributed by atoms with E-state index in [9.17, 15) is 37.1 Å². The number of alkyl halides is 4. The van der Waals surface area contributed by atoms with Crippen molar-refractivity contribution in [3.05, 3.63) is 12.2 Å². The minimum atomic E-state index is -4.53. The van der Waals surface area contributed by atoms with Gasteiger partial charge in [-0.1, -0.05) is 91.7 Å². The molecule has 0 aromatic rings. The van der Waals surface area contributed by atoms with Gasteiger partial charge in [-0.25, -0.2) is 0 Å². The number of hydrogen-bond donors (Lipinski definition) is 3. The summed E-state index contributed by atoms with van der Waals surface area (Å²) in [5, 5.41) is 7.56. The van der Waals surface area contributed by atoms with Gasteiger partial charge in [0.25, 0.3) is 0 Å². The molecular formula is C77H124ClF3N12O14. The van der Waals surface area contributed by atoms with Gasteiger partial charge in [-0.2, -0.15) is 13.2 Å². The molecule has 30 heteroatoms. The number of nitrogens with one attached hydrogen (secondary N) is 3. The Morgan fingerprint density at radius 3 is 1.93 bits per heavy atom. The molecule has 3 heterocycles. The summed E-state index contributed by atoms with van der Waals surface area (Å²) in [6.45, 7) is 13.6. The van der Waals surface area contributed by atoms with Gasteiger partial charge in [0, 0.05) is 94.0 Å². The lowest BCUT2D eigenvalue weighted by Crippen LogP contribution is -2.71. The first-order valence-electron chi connectivity index (χ1n) is 39.2. The number of fused-ring (bicyclic) bond motifs is 3. The van der Waals surface area contributed by atoms with Crippen molar-refractivity contribution in [3.8, 4) is 0 Å². The first-order valence-corrected chi connectivity index (χ1v) is 39.7. The van der Waals surface area contributed by atoms with Crippen LogP contribution in [0.4, 0.5) is 13.2 Å². The van der Waals surface area contributed by atoms with Crippen LogP contribution in [0.5, 0.6) is 0 Å². The van der Waals surface area contributed by atoms with Crippen LogP contribution in [0.1, 0.15) is 190 Å². The molecule has 107 heavy (non-hydrogen) atoms. The van der Waals surface area contributed by atoms with E-state index in [1.54, 1.807) is 33.8 Å². The highest BCUT2D eigenvalue weighted by Crippen LogP contribution is 2.50. The molecule has 6 fully saturated rings. The minimum Gasteiger partial charge on any atom is -0.379 e. The molecule has 7 aliphatic rings. The van der Waals surface area contributed by atoms with Crippen molar-refractivity contribution in [2.45, 2.75) is 262 Å². The third-order valence-electron chi connectivity index (χ3n) is 24.3. The molecule has 2 saturated heterocycles. The van der Waals surface area contributed by atoms with Crippen LogP contribution >= 0.6 is 11.6 Å². The molecule has 3 aliphatic heterocycles. The van der Waals surface area contributed by atoms with E-state index in [1.165, 1.54) is 83.6 Å². The summed E-state index contributed by atoms with van der Waals surface area (Å²) < 4.78 is 54.4. The second-order valence-corrected chi connectivity index (χ2v) is 33.3. The van der Waals surface area contributed by atoms with Crippen molar-refractivity contribution < 1.29 is 80.2 Å². The average molecular weight is 1530 g/mol. The van der Waals surface area contributed by atoms with Crippen LogP contribution in [0.15, 0.2) is 12.2 Å². The van der Waals surface area contributed by atoms with Crippen LogP contribution in [-0.2, 0) is 67.0 Å². The summed E-state index contributed by atoms with van der Waals surface area (Å²) >= 11 is 6.47. The predicted molar refractivity (Wildman–Crippen MR) is 396 cm³/mol. The van der Waals surface area contributed by atoms with Crippen molar-refractivity contribution in [3.63, 3.8) is 0 Å². The number of halogens is 4. The van der Waals surface area contributed by atoms with Crippen LogP contribution in [0, 0.1) is 40.9 Å². The Hall–Kier alpha value is -6.62. The van der Waals surface area contributed by atoms with Crippen molar-refractivity contribution in [1.82, 2.24) is 60.0 Å². The number of carbonyl (C=O) groups is 12. The van der Waals surface area contributed by atoms with Crippen LogP contribution < -0.4 is 16.0 Å². The number of hydrogen-bond acceptors (Lipinski definition) is 14. The summed E-state index contributed by atoms with van der Waals surface area (Å²) in [4.78, 5) is 194. The summed E-state index contributed by atoms with van der Waals surface area (Å²) in [6, 6.07) is -10.5. The van der Waals surface area contributed by atoms with E-state index in [2.05, 4.69) is 22.9 Å². The van der Waals surface area contributed by atoms with Gasteiger partial charge in [0.2, 0.25) is 70.9 Å². The van der Waals surface area contributed by atoms with Crippen molar-refractivity contribution in [1.29, 1.82) is 0 Å². The van der Waals surface area contributed by atoms with E-state index in [-0.39, 0.29) is 110 Å². The SMILES string of the molecule is CCOC[C@H]1C(=O)N[C@@H]([C@@H](C)CC)C(=O)N(C)CC(=O)N(C)[C@H]2C/C=C\CCN(C2=O)[C@@H](CC2CCC(C)CC2)C(=O)N(C)CC(=O)N[C@@H](CCC2CCC(C(F)(F)F)C(Cl)C2)C(=O)N2C[C@H](OCC)C[C@H]2C(=O)NC2(CC(C)(C)C2)C(=O)N(C)[C@@H](C2CCCC2)C(=O)N(C)[C@H](C(=O)N(C)CC)CC(=O)N1C. The summed E-state index contributed by atoms with van der Waals surface area (Å²) in [5.41, 5.74) is -2.19. The minimum absolute atomic E-state index is 0.0127. The zero-order valence-corrected chi connectivity index (χ0v) is 66.9. The monoisotopic (exact) mass is 1530 g/mol. The normalized spacial score (nSPS) is 31.7. The molecular weight excluding hydrogens is 1410 g/mol. The van der Waals surface area contributed by atoms with E-state index >= 15 is 33.6 Å². The lowest BCUT2D eigenvalue weighted by molar-refractivity contribution is -0.182. The highest BCUT2D eigenvalue weighted by Gasteiger charge is 2.59. The first kappa shape index (κ1) is 87.6. The van der Waals surface area contributed by atoms with E-state index in [4.69, 9.17) is 21.1 Å². The maximum absolute atomic E-state index is 15.8. The van der Waals surface area contributed by atoms with Crippen molar-refractivity contribution in [2.24, 2.45) is 40.9 Å². The Kier molecular flexibility index (Phi) is 31.4. The Labute approximate surface area is 636 Å². The lowest BCUT2D eigenvalue weighted by atomic mass is 9.58. The molecule has 3 N–H and O–H groups in total.